The van der Waals surface area contributed by atoms with Gasteiger partial charge < -0.3 is 10.1 Å². The molecule has 1 atom stereocenters. The van der Waals surface area contributed by atoms with Crippen LogP contribution in [0.25, 0.3) is 0 Å². The molecule has 1 unspecified atom stereocenters. The Labute approximate surface area is 108 Å². The van der Waals surface area contributed by atoms with Crippen LogP contribution in [-0.2, 0) is 4.74 Å². The molecule has 2 nitrogen and oxygen atoms in total. The predicted octanol–water partition coefficient (Wildman–Crippen LogP) is 3.76. The zero-order chi connectivity index (χ0) is 14.2. The molecule has 18 heavy (non-hydrogen) atoms. The molecule has 0 saturated heterocycles. The first-order valence-corrected chi connectivity index (χ1v) is 6.52. The Balaban J connectivity index is 3.99. The van der Waals surface area contributed by atoms with E-state index in [2.05, 4.69) is 26.1 Å². The lowest BCUT2D eigenvalue weighted by atomic mass is 9.89. The van der Waals surface area contributed by atoms with Gasteiger partial charge in [0.25, 0.3) is 0 Å². The highest BCUT2D eigenvalue weighted by Crippen LogP contribution is 2.22. The molecule has 1 N–H and O–H groups in total. The number of nitrogens with one attached hydrogen (secondary N) is 1. The van der Waals surface area contributed by atoms with Crippen molar-refractivity contribution in [2.24, 2.45) is 5.41 Å². The van der Waals surface area contributed by atoms with Gasteiger partial charge in [-0.25, -0.2) is 0 Å². The molecule has 0 spiro atoms. The van der Waals surface area contributed by atoms with Crippen LogP contribution >= 0.6 is 0 Å². The van der Waals surface area contributed by atoms with Crippen molar-refractivity contribution in [2.75, 3.05) is 19.8 Å². The van der Waals surface area contributed by atoms with E-state index in [-0.39, 0.29) is 18.1 Å². The summed E-state index contributed by atoms with van der Waals surface area (Å²) in [5.41, 5.74) is 0.191. The first-order chi connectivity index (χ1) is 8.14. The summed E-state index contributed by atoms with van der Waals surface area (Å²) in [6.45, 7) is 8.18. The molecule has 5 heteroatoms. The van der Waals surface area contributed by atoms with Gasteiger partial charge in [-0.1, -0.05) is 27.7 Å². The summed E-state index contributed by atoms with van der Waals surface area (Å²) in [4.78, 5) is 0. The van der Waals surface area contributed by atoms with Crippen LogP contribution in [0.4, 0.5) is 13.2 Å². The number of ether oxygens (including phenoxy) is 1. The highest BCUT2D eigenvalue weighted by Gasteiger charge is 2.28. The Kier molecular flexibility index (Phi) is 7.87. The SMILES string of the molecule is CCCNC(CCC(C)(C)C)COCC(F)(F)F. The van der Waals surface area contributed by atoms with Crippen molar-refractivity contribution in [3.63, 3.8) is 0 Å². The van der Waals surface area contributed by atoms with Crippen LogP contribution in [0, 0.1) is 5.41 Å². The van der Waals surface area contributed by atoms with Gasteiger partial charge in [0.1, 0.15) is 6.61 Å². The molecule has 0 aromatic carbocycles. The van der Waals surface area contributed by atoms with E-state index in [1.54, 1.807) is 0 Å². The quantitative estimate of drug-likeness (QED) is 0.724. The highest BCUT2D eigenvalue weighted by atomic mass is 19.4. The van der Waals surface area contributed by atoms with Crippen LogP contribution in [-0.4, -0.2) is 32.0 Å². The van der Waals surface area contributed by atoms with E-state index in [9.17, 15) is 13.2 Å². The minimum atomic E-state index is -4.24. The molecule has 0 amide bonds. The van der Waals surface area contributed by atoms with Crippen molar-refractivity contribution in [3.8, 4) is 0 Å². The first kappa shape index (κ1) is 17.7. The van der Waals surface area contributed by atoms with Crippen LogP contribution in [0.5, 0.6) is 0 Å². The summed E-state index contributed by atoms with van der Waals surface area (Å²) in [7, 11) is 0. The van der Waals surface area contributed by atoms with Gasteiger partial charge in [-0.3, -0.25) is 0 Å². The summed E-state index contributed by atoms with van der Waals surface area (Å²) in [5, 5.41) is 3.24. The summed E-state index contributed by atoms with van der Waals surface area (Å²) in [5.74, 6) is 0. The molecule has 0 fully saturated rings. The Morgan fingerprint density at radius 2 is 1.78 bits per heavy atom. The van der Waals surface area contributed by atoms with Crippen LogP contribution in [0.2, 0.25) is 0 Å². The van der Waals surface area contributed by atoms with Gasteiger partial charge in [0, 0.05) is 6.04 Å². The lowest BCUT2D eigenvalue weighted by Gasteiger charge is -2.24. The molecule has 0 aromatic rings. The van der Waals surface area contributed by atoms with Crippen LogP contribution in [0.15, 0.2) is 0 Å². The number of rotatable bonds is 8. The molecule has 0 aliphatic carbocycles. The molecule has 0 bridgehead atoms. The maximum absolute atomic E-state index is 12.0. The Hall–Kier alpha value is -0.290. The molecule has 110 valence electrons. The largest absolute Gasteiger partial charge is 0.411 e. The van der Waals surface area contributed by atoms with Crippen LogP contribution < -0.4 is 5.32 Å². The molecule has 0 radical (unpaired) electrons. The van der Waals surface area contributed by atoms with Gasteiger partial charge in [0.15, 0.2) is 0 Å². The van der Waals surface area contributed by atoms with Crippen LogP contribution in [0.1, 0.15) is 47.0 Å². The second-order valence-corrected chi connectivity index (χ2v) is 5.88. The van der Waals surface area contributed by atoms with Gasteiger partial charge >= 0.3 is 6.18 Å². The standard InChI is InChI=1S/C13H26F3NO/c1-5-8-17-11(6-7-12(2,3)4)9-18-10-13(14,15)16/h11,17H,5-10H2,1-4H3. The average Bonchev–Trinajstić information content (AvgIpc) is 2.18. The molecular formula is C13H26F3NO. The molecule has 0 aliphatic rings. The zero-order valence-corrected chi connectivity index (χ0v) is 11.9. The first-order valence-electron chi connectivity index (χ1n) is 6.52. The summed E-state index contributed by atoms with van der Waals surface area (Å²) >= 11 is 0. The van der Waals surface area contributed by atoms with Crippen molar-refractivity contribution >= 4 is 0 Å². The topological polar surface area (TPSA) is 21.3 Å². The Morgan fingerprint density at radius 3 is 2.22 bits per heavy atom. The van der Waals surface area contributed by atoms with Crippen molar-refractivity contribution in [1.29, 1.82) is 0 Å². The maximum Gasteiger partial charge on any atom is 0.411 e. The van der Waals surface area contributed by atoms with Crippen LogP contribution in [0.3, 0.4) is 0 Å². The predicted molar refractivity (Wildman–Crippen MR) is 67.6 cm³/mol. The fraction of sp³-hybridized carbons (Fsp3) is 1.00. The molecule has 0 saturated carbocycles. The fourth-order valence-corrected chi connectivity index (χ4v) is 1.52. The lowest BCUT2D eigenvalue weighted by molar-refractivity contribution is -0.175. The van der Waals surface area contributed by atoms with E-state index in [1.165, 1.54) is 0 Å². The number of halogens is 3. The fourth-order valence-electron chi connectivity index (χ4n) is 1.52. The summed E-state index contributed by atoms with van der Waals surface area (Å²) < 4.78 is 40.7. The van der Waals surface area contributed by atoms with Crippen molar-refractivity contribution in [2.45, 2.75) is 59.2 Å². The molecule has 0 heterocycles. The monoisotopic (exact) mass is 269 g/mol. The van der Waals surface area contributed by atoms with E-state index in [1.807, 2.05) is 6.92 Å². The lowest BCUT2D eigenvalue weighted by Crippen LogP contribution is -2.36. The van der Waals surface area contributed by atoms with E-state index < -0.39 is 12.8 Å². The third kappa shape index (κ3) is 12.2. The normalized spacial score (nSPS) is 14.8. The Bertz CT molecular complexity index is 211. The van der Waals surface area contributed by atoms with Gasteiger partial charge in [-0.15, -0.1) is 0 Å². The molecule has 0 aliphatic heterocycles. The minimum absolute atomic E-state index is 0.00604. The van der Waals surface area contributed by atoms with Crippen molar-refractivity contribution < 1.29 is 17.9 Å². The molecular weight excluding hydrogens is 243 g/mol. The molecule has 0 rings (SSSR count). The van der Waals surface area contributed by atoms with E-state index in [0.717, 1.165) is 25.8 Å². The number of hydrogen-bond donors (Lipinski definition) is 1. The molecule has 0 aromatic heterocycles. The summed E-state index contributed by atoms with van der Waals surface area (Å²) in [6.07, 6.45) is -1.48. The van der Waals surface area contributed by atoms with Gasteiger partial charge in [0.2, 0.25) is 0 Å². The van der Waals surface area contributed by atoms with Crippen molar-refractivity contribution in [1.82, 2.24) is 5.32 Å². The average molecular weight is 269 g/mol. The number of alkyl halides is 3. The van der Waals surface area contributed by atoms with E-state index >= 15 is 0 Å². The van der Waals surface area contributed by atoms with Gasteiger partial charge in [-0.05, 0) is 31.2 Å². The number of hydrogen-bond acceptors (Lipinski definition) is 2. The summed E-state index contributed by atoms with van der Waals surface area (Å²) in [6, 6.07) is 0.00604. The van der Waals surface area contributed by atoms with Gasteiger partial charge in [0.05, 0.1) is 6.61 Å². The smallest absolute Gasteiger partial charge is 0.370 e. The highest BCUT2D eigenvalue weighted by molar-refractivity contribution is 4.71. The zero-order valence-electron chi connectivity index (χ0n) is 11.9. The Morgan fingerprint density at radius 1 is 1.17 bits per heavy atom. The van der Waals surface area contributed by atoms with Crippen molar-refractivity contribution in [3.05, 3.63) is 0 Å². The minimum Gasteiger partial charge on any atom is -0.370 e. The second-order valence-electron chi connectivity index (χ2n) is 5.88. The maximum atomic E-state index is 12.0. The van der Waals surface area contributed by atoms with E-state index in [0.29, 0.717) is 0 Å². The van der Waals surface area contributed by atoms with Gasteiger partial charge in [-0.2, -0.15) is 13.2 Å². The van der Waals surface area contributed by atoms with E-state index in [4.69, 9.17) is 4.74 Å². The third-order valence-corrected chi connectivity index (χ3v) is 2.51. The third-order valence-electron chi connectivity index (χ3n) is 2.51. The second kappa shape index (κ2) is 8.00.